The van der Waals surface area contributed by atoms with Crippen LogP contribution >= 0.6 is 0 Å². The van der Waals surface area contributed by atoms with E-state index in [1.807, 2.05) is 30.3 Å². The van der Waals surface area contributed by atoms with Gasteiger partial charge in [-0.25, -0.2) is 0 Å². The minimum Gasteiger partial charge on any atom is -0.311 e. The molecule has 0 saturated carbocycles. The smallest absolute Gasteiger partial charge is 0.260 e. The van der Waals surface area contributed by atoms with Crippen molar-refractivity contribution in [2.45, 2.75) is 0 Å². The van der Waals surface area contributed by atoms with E-state index >= 15 is 0 Å². The number of rotatable bonds is 0. The van der Waals surface area contributed by atoms with Crippen LogP contribution in [0.4, 0.5) is 0 Å². The van der Waals surface area contributed by atoms with E-state index in [-0.39, 0.29) is 5.56 Å². The number of fused-ring (bicyclic) bond motifs is 3. The molecule has 2 heterocycles. The molecule has 0 radical (unpaired) electrons. The quantitative estimate of drug-likeness (QED) is 0.532. The lowest BCUT2D eigenvalue weighted by molar-refractivity contribution is 0.917. The van der Waals surface area contributed by atoms with Gasteiger partial charge in [0, 0.05) is 18.6 Å². The molecule has 3 rings (SSSR count). The van der Waals surface area contributed by atoms with Gasteiger partial charge in [-0.15, -0.1) is 0 Å². The molecule has 0 fully saturated rings. The molecule has 1 aromatic carbocycles. The van der Waals surface area contributed by atoms with Gasteiger partial charge in [0.25, 0.3) is 5.56 Å². The summed E-state index contributed by atoms with van der Waals surface area (Å²) in [6.45, 7) is 0. The van der Waals surface area contributed by atoms with E-state index in [2.05, 4.69) is 4.98 Å². The third-order valence-electron chi connectivity index (χ3n) is 2.86. The fourth-order valence-electron chi connectivity index (χ4n) is 2.05. The third-order valence-corrected chi connectivity index (χ3v) is 2.86. The molecule has 16 heavy (non-hydrogen) atoms. The Hall–Kier alpha value is -2.16. The summed E-state index contributed by atoms with van der Waals surface area (Å²) >= 11 is 0. The van der Waals surface area contributed by atoms with Crippen molar-refractivity contribution in [3.8, 4) is 0 Å². The predicted molar refractivity (Wildman–Crippen MR) is 64.5 cm³/mol. The fraction of sp³-hybridized carbons (Fsp3) is 0.0769. The molecule has 0 aliphatic heterocycles. The highest BCUT2D eigenvalue weighted by molar-refractivity contribution is 6.02. The Kier molecular flexibility index (Phi) is 1.80. The molecule has 0 saturated heterocycles. The topological polar surface area (TPSA) is 34.9 Å². The average Bonchev–Trinajstić information content (AvgIpc) is 2.36. The van der Waals surface area contributed by atoms with E-state index in [0.29, 0.717) is 5.39 Å². The van der Waals surface area contributed by atoms with Crippen LogP contribution in [0.1, 0.15) is 0 Å². The molecule has 3 heteroatoms. The van der Waals surface area contributed by atoms with Gasteiger partial charge in [0.1, 0.15) is 0 Å². The Morgan fingerprint density at radius 2 is 1.81 bits per heavy atom. The zero-order chi connectivity index (χ0) is 11.1. The number of nitrogens with zero attached hydrogens (tertiary/aromatic N) is 2. The summed E-state index contributed by atoms with van der Waals surface area (Å²) in [4.78, 5) is 16.4. The fourth-order valence-corrected chi connectivity index (χ4v) is 2.05. The van der Waals surface area contributed by atoms with Crippen molar-refractivity contribution in [3.05, 3.63) is 52.9 Å². The maximum absolute atomic E-state index is 12.1. The van der Waals surface area contributed by atoms with Gasteiger partial charge in [0.05, 0.1) is 16.4 Å². The molecule has 2 aromatic heterocycles. The van der Waals surface area contributed by atoms with Crippen LogP contribution in [0.15, 0.2) is 47.4 Å². The summed E-state index contributed by atoms with van der Waals surface area (Å²) < 4.78 is 1.67. The maximum Gasteiger partial charge on any atom is 0.260 e. The molecule has 0 atom stereocenters. The lowest BCUT2D eigenvalue weighted by Gasteiger charge is -2.07. The second-order valence-electron chi connectivity index (χ2n) is 3.78. The number of para-hydroxylation sites is 1. The molecule has 0 aliphatic carbocycles. The van der Waals surface area contributed by atoms with Crippen LogP contribution in [-0.2, 0) is 7.05 Å². The lowest BCUT2D eigenvalue weighted by atomic mass is 10.1. The zero-order valence-electron chi connectivity index (χ0n) is 8.84. The lowest BCUT2D eigenvalue weighted by Crippen LogP contribution is -2.17. The first kappa shape index (κ1) is 9.09. The van der Waals surface area contributed by atoms with Crippen LogP contribution in [0.25, 0.3) is 21.8 Å². The molecular formula is C13H10N2O. The van der Waals surface area contributed by atoms with Gasteiger partial charge in [0.2, 0.25) is 0 Å². The molecule has 0 N–H and O–H groups in total. The molecular weight excluding hydrogens is 200 g/mol. The van der Waals surface area contributed by atoms with Gasteiger partial charge in [-0.2, -0.15) is 0 Å². The van der Waals surface area contributed by atoms with E-state index in [4.69, 9.17) is 0 Å². The first-order valence-corrected chi connectivity index (χ1v) is 5.11. The minimum atomic E-state index is 0.00167. The summed E-state index contributed by atoms with van der Waals surface area (Å²) in [5.41, 5.74) is 1.70. The largest absolute Gasteiger partial charge is 0.311 e. The van der Waals surface area contributed by atoms with Gasteiger partial charge in [-0.1, -0.05) is 18.2 Å². The van der Waals surface area contributed by atoms with E-state index in [1.165, 1.54) is 0 Å². The standard InChI is InChI=1S/C13H10N2O/c1-15-11-7-3-2-5-9(11)12-10(13(15)16)6-4-8-14-12/h2-8H,1H3. The van der Waals surface area contributed by atoms with Crippen molar-refractivity contribution in [2.24, 2.45) is 7.05 Å². The summed E-state index contributed by atoms with van der Waals surface area (Å²) in [5, 5.41) is 1.68. The molecule has 3 nitrogen and oxygen atoms in total. The monoisotopic (exact) mass is 210 g/mol. The Morgan fingerprint density at radius 3 is 2.69 bits per heavy atom. The normalized spacial score (nSPS) is 11.1. The third kappa shape index (κ3) is 1.08. The second kappa shape index (κ2) is 3.17. The average molecular weight is 210 g/mol. The highest BCUT2D eigenvalue weighted by Crippen LogP contribution is 2.19. The van der Waals surface area contributed by atoms with E-state index < -0.39 is 0 Å². The van der Waals surface area contributed by atoms with Crippen LogP contribution < -0.4 is 5.56 Å². The predicted octanol–water partition coefficient (Wildman–Crippen LogP) is 2.09. The van der Waals surface area contributed by atoms with Crippen molar-refractivity contribution in [1.29, 1.82) is 0 Å². The van der Waals surface area contributed by atoms with Gasteiger partial charge in [0.15, 0.2) is 0 Å². The summed E-state index contributed by atoms with van der Waals surface area (Å²) in [5.74, 6) is 0. The summed E-state index contributed by atoms with van der Waals surface area (Å²) in [6.07, 6.45) is 1.72. The molecule has 0 aliphatic rings. The number of pyridine rings is 2. The van der Waals surface area contributed by atoms with Crippen molar-refractivity contribution in [1.82, 2.24) is 9.55 Å². The van der Waals surface area contributed by atoms with Crippen LogP contribution in [-0.4, -0.2) is 9.55 Å². The molecule has 0 amide bonds. The zero-order valence-corrected chi connectivity index (χ0v) is 8.84. The molecule has 78 valence electrons. The van der Waals surface area contributed by atoms with Crippen molar-refractivity contribution in [2.75, 3.05) is 0 Å². The van der Waals surface area contributed by atoms with Gasteiger partial charge < -0.3 is 4.57 Å². The molecule has 0 bridgehead atoms. The van der Waals surface area contributed by atoms with E-state index in [1.54, 1.807) is 23.9 Å². The highest BCUT2D eigenvalue weighted by atomic mass is 16.1. The molecule has 0 spiro atoms. The first-order chi connectivity index (χ1) is 7.79. The molecule has 0 unspecified atom stereocenters. The Morgan fingerprint density at radius 1 is 1.06 bits per heavy atom. The van der Waals surface area contributed by atoms with Crippen molar-refractivity contribution in [3.63, 3.8) is 0 Å². The Labute approximate surface area is 92.0 Å². The number of aromatic nitrogens is 2. The number of benzene rings is 1. The SMILES string of the molecule is Cn1c(=O)c2cccnc2c2ccccc21. The minimum absolute atomic E-state index is 0.00167. The maximum atomic E-state index is 12.1. The molecule has 3 aromatic rings. The summed E-state index contributed by atoms with van der Waals surface area (Å²) in [6, 6.07) is 11.4. The van der Waals surface area contributed by atoms with Crippen LogP contribution in [0.2, 0.25) is 0 Å². The number of aryl methyl sites for hydroxylation is 1. The van der Waals surface area contributed by atoms with Crippen LogP contribution in [0.5, 0.6) is 0 Å². The van der Waals surface area contributed by atoms with Gasteiger partial charge in [-0.3, -0.25) is 9.78 Å². The Balaban J connectivity index is 2.74. The van der Waals surface area contributed by atoms with Gasteiger partial charge >= 0.3 is 0 Å². The number of hydrogen-bond acceptors (Lipinski definition) is 2. The van der Waals surface area contributed by atoms with Crippen LogP contribution in [0, 0.1) is 0 Å². The Bertz CT molecular complexity index is 744. The van der Waals surface area contributed by atoms with Crippen LogP contribution in [0.3, 0.4) is 0 Å². The first-order valence-electron chi connectivity index (χ1n) is 5.11. The van der Waals surface area contributed by atoms with E-state index in [9.17, 15) is 4.79 Å². The van der Waals surface area contributed by atoms with Crippen molar-refractivity contribution >= 4 is 21.8 Å². The second-order valence-corrected chi connectivity index (χ2v) is 3.78. The van der Waals surface area contributed by atoms with Gasteiger partial charge in [-0.05, 0) is 18.2 Å². The highest BCUT2D eigenvalue weighted by Gasteiger charge is 2.07. The summed E-state index contributed by atoms with van der Waals surface area (Å²) in [7, 11) is 1.79. The number of hydrogen-bond donors (Lipinski definition) is 0. The van der Waals surface area contributed by atoms with E-state index in [0.717, 1.165) is 16.4 Å². The van der Waals surface area contributed by atoms with Crippen molar-refractivity contribution < 1.29 is 0 Å².